The molecular formula is C4H7BF3O-. The van der Waals surface area contributed by atoms with Crippen LogP contribution >= 0.6 is 0 Å². The van der Waals surface area contributed by atoms with E-state index in [1.807, 2.05) is 0 Å². The van der Waals surface area contributed by atoms with Crippen molar-refractivity contribution in [2.75, 3.05) is 6.61 Å². The lowest BCUT2D eigenvalue weighted by molar-refractivity contribution is 0.389. The largest absolute Gasteiger partial charge is 0.478 e. The molecule has 0 bridgehead atoms. The van der Waals surface area contributed by atoms with E-state index in [1.165, 1.54) is 0 Å². The number of hydrogen-bond donors (Lipinski definition) is 0. The number of ether oxygens (including phenoxy) is 1. The van der Waals surface area contributed by atoms with E-state index in [0.29, 0.717) is 6.61 Å². The second-order valence-electron chi connectivity index (χ2n) is 2.24. The summed E-state index contributed by atoms with van der Waals surface area (Å²) in [4.78, 5) is 0. The van der Waals surface area contributed by atoms with Crippen LogP contribution < -0.4 is 0 Å². The Bertz CT molecular complexity index is 98.5. The van der Waals surface area contributed by atoms with Gasteiger partial charge in [0.25, 0.3) is 0 Å². The van der Waals surface area contributed by atoms with Gasteiger partial charge in [-0.05, 0) is 6.42 Å². The first-order chi connectivity index (χ1) is 4.08. The fourth-order valence-electron chi connectivity index (χ4n) is 0.610. The van der Waals surface area contributed by atoms with Crippen LogP contribution in [0.3, 0.4) is 0 Å². The Morgan fingerprint density at radius 1 is 1.44 bits per heavy atom. The Balaban J connectivity index is 2.03. The van der Waals surface area contributed by atoms with Gasteiger partial charge in [0.05, 0.1) is 12.7 Å². The molecule has 0 saturated carbocycles. The zero-order valence-corrected chi connectivity index (χ0v) is 4.82. The molecule has 0 N–H and O–H groups in total. The van der Waals surface area contributed by atoms with E-state index >= 15 is 0 Å². The second kappa shape index (κ2) is 2.21. The summed E-state index contributed by atoms with van der Waals surface area (Å²) in [7, 11) is 0. The fourth-order valence-corrected chi connectivity index (χ4v) is 0.610. The summed E-state index contributed by atoms with van der Waals surface area (Å²) in [5, 5.41) is 0. The molecule has 5 heteroatoms. The van der Waals surface area contributed by atoms with Crippen LogP contribution in [0.25, 0.3) is 0 Å². The minimum Gasteiger partial charge on any atom is -0.449 e. The highest BCUT2D eigenvalue weighted by molar-refractivity contribution is 6.58. The Kier molecular flexibility index (Phi) is 1.70. The molecule has 1 nitrogen and oxygen atoms in total. The summed E-state index contributed by atoms with van der Waals surface area (Å²) < 4.78 is 39.0. The molecule has 0 amide bonds. The van der Waals surface area contributed by atoms with Crippen molar-refractivity contribution in [2.45, 2.75) is 18.8 Å². The highest BCUT2D eigenvalue weighted by Gasteiger charge is 2.29. The van der Waals surface area contributed by atoms with Crippen LogP contribution in [-0.2, 0) is 4.74 Å². The van der Waals surface area contributed by atoms with Crippen molar-refractivity contribution in [3.63, 3.8) is 0 Å². The maximum Gasteiger partial charge on any atom is 0.478 e. The van der Waals surface area contributed by atoms with Crippen LogP contribution in [0.2, 0.25) is 6.32 Å². The predicted molar refractivity (Wildman–Crippen MR) is 28.2 cm³/mol. The van der Waals surface area contributed by atoms with E-state index in [2.05, 4.69) is 4.74 Å². The van der Waals surface area contributed by atoms with E-state index in [9.17, 15) is 12.9 Å². The predicted octanol–water partition coefficient (Wildman–Crippen LogP) is 1.62. The molecule has 0 unspecified atom stereocenters. The van der Waals surface area contributed by atoms with Crippen molar-refractivity contribution in [2.24, 2.45) is 0 Å². The Hall–Kier alpha value is -0.185. The summed E-state index contributed by atoms with van der Waals surface area (Å²) in [5.41, 5.74) is 0. The van der Waals surface area contributed by atoms with Crippen LogP contribution in [0.15, 0.2) is 0 Å². The molecule has 1 rings (SSSR count). The minimum absolute atomic E-state index is 0.0894. The molecule has 1 heterocycles. The van der Waals surface area contributed by atoms with E-state index in [4.69, 9.17) is 0 Å². The van der Waals surface area contributed by atoms with E-state index < -0.39 is 13.3 Å². The molecule has 0 radical (unpaired) electrons. The number of epoxide rings is 1. The first-order valence-corrected chi connectivity index (χ1v) is 2.90. The first-order valence-electron chi connectivity index (χ1n) is 2.90. The summed E-state index contributed by atoms with van der Waals surface area (Å²) in [5.74, 6) is 0. The molecule has 1 aliphatic rings. The normalized spacial score (nSPS) is 26.3. The number of rotatable bonds is 3. The monoisotopic (exact) mass is 139 g/mol. The first kappa shape index (κ1) is 6.93. The minimum atomic E-state index is -4.57. The molecule has 0 aliphatic carbocycles. The molecule has 0 aromatic rings. The van der Waals surface area contributed by atoms with Gasteiger partial charge in [-0.3, -0.25) is 0 Å². The van der Waals surface area contributed by atoms with Crippen LogP contribution in [-0.4, -0.2) is 19.7 Å². The van der Waals surface area contributed by atoms with E-state index in [0.717, 1.165) is 0 Å². The molecule has 1 saturated heterocycles. The maximum absolute atomic E-state index is 11.5. The molecule has 9 heavy (non-hydrogen) atoms. The average molecular weight is 139 g/mol. The van der Waals surface area contributed by atoms with Gasteiger partial charge in [0.15, 0.2) is 0 Å². The second-order valence-corrected chi connectivity index (χ2v) is 2.24. The van der Waals surface area contributed by atoms with Crippen LogP contribution in [0.4, 0.5) is 12.9 Å². The van der Waals surface area contributed by atoms with Gasteiger partial charge in [-0.25, -0.2) is 0 Å². The van der Waals surface area contributed by atoms with Gasteiger partial charge in [0, 0.05) is 0 Å². The molecule has 0 aromatic carbocycles. The summed E-state index contributed by atoms with van der Waals surface area (Å²) in [6.07, 6.45) is -0.581. The lowest BCUT2D eigenvalue weighted by atomic mass is 9.84. The molecular weight excluding hydrogens is 132 g/mol. The molecule has 0 spiro atoms. The van der Waals surface area contributed by atoms with Gasteiger partial charge in [-0.2, -0.15) is 0 Å². The van der Waals surface area contributed by atoms with E-state index in [-0.39, 0.29) is 12.5 Å². The Labute approximate surface area is 51.2 Å². The third kappa shape index (κ3) is 3.40. The third-order valence-corrected chi connectivity index (χ3v) is 1.22. The zero-order valence-electron chi connectivity index (χ0n) is 4.82. The van der Waals surface area contributed by atoms with Gasteiger partial charge in [0.2, 0.25) is 0 Å². The maximum atomic E-state index is 11.5. The standard InChI is InChI=1S/C4H7BF3O/c6-5(7,8)2-1-4-3-9-4/h4H,1-3H2/q-1/t4-/m0/s1. The SMILES string of the molecule is F[B-](F)(F)CC[C@H]1CO1. The summed E-state index contributed by atoms with van der Waals surface area (Å²) in [6.45, 7) is -4.05. The van der Waals surface area contributed by atoms with Crippen molar-refractivity contribution < 1.29 is 17.7 Å². The Morgan fingerprint density at radius 3 is 2.33 bits per heavy atom. The quantitative estimate of drug-likeness (QED) is 0.427. The van der Waals surface area contributed by atoms with Crippen molar-refractivity contribution in [3.8, 4) is 0 Å². The third-order valence-electron chi connectivity index (χ3n) is 1.22. The van der Waals surface area contributed by atoms with Crippen molar-refractivity contribution in [1.29, 1.82) is 0 Å². The number of hydrogen-bond acceptors (Lipinski definition) is 1. The summed E-state index contributed by atoms with van der Waals surface area (Å²) >= 11 is 0. The van der Waals surface area contributed by atoms with Gasteiger partial charge in [0.1, 0.15) is 0 Å². The molecule has 54 valence electrons. The lowest BCUT2D eigenvalue weighted by Gasteiger charge is -2.10. The highest BCUT2D eigenvalue weighted by Crippen LogP contribution is 2.23. The smallest absolute Gasteiger partial charge is 0.449 e. The average Bonchev–Trinajstić information content (AvgIpc) is 2.38. The topological polar surface area (TPSA) is 12.5 Å². The van der Waals surface area contributed by atoms with Gasteiger partial charge >= 0.3 is 6.98 Å². The number of halogens is 3. The van der Waals surface area contributed by atoms with Crippen LogP contribution in [0.5, 0.6) is 0 Å². The highest BCUT2D eigenvalue weighted by atomic mass is 19.4. The fraction of sp³-hybridized carbons (Fsp3) is 1.00. The van der Waals surface area contributed by atoms with E-state index in [1.54, 1.807) is 0 Å². The van der Waals surface area contributed by atoms with Crippen molar-refractivity contribution in [3.05, 3.63) is 0 Å². The molecule has 1 fully saturated rings. The summed E-state index contributed by atoms with van der Waals surface area (Å²) in [6, 6.07) is 0. The lowest BCUT2D eigenvalue weighted by Crippen LogP contribution is -2.14. The molecule has 0 aromatic heterocycles. The zero-order chi connectivity index (χ0) is 6.91. The van der Waals surface area contributed by atoms with Crippen LogP contribution in [0.1, 0.15) is 6.42 Å². The van der Waals surface area contributed by atoms with Gasteiger partial charge < -0.3 is 17.7 Å². The van der Waals surface area contributed by atoms with Crippen molar-refractivity contribution in [1.82, 2.24) is 0 Å². The van der Waals surface area contributed by atoms with Gasteiger partial charge in [-0.15, -0.1) is 0 Å². The van der Waals surface area contributed by atoms with Gasteiger partial charge in [-0.1, -0.05) is 6.32 Å². The molecule has 1 aliphatic heterocycles. The van der Waals surface area contributed by atoms with Crippen molar-refractivity contribution >= 4 is 6.98 Å². The van der Waals surface area contributed by atoms with Crippen LogP contribution in [0, 0.1) is 0 Å². The Morgan fingerprint density at radius 2 is 2.00 bits per heavy atom. The molecule has 1 atom stereocenters.